The molecule has 0 spiro atoms. The minimum Gasteiger partial charge on any atom is -0.492 e. The van der Waals surface area contributed by atoms with E-state index in [9.17, 15) is 0 Å². The van der Waals surface area contributed by atoms with E-state index in [1.54, 1.807) is 6.07 Å². The molecule has 0 fully saturated rings. The highest BCUT2D eigenvalue weighted by Crippen LogP contribution is 2.31. The van der Waals surface area contributed by atoms with Gasteiger partial charge in [0, 0.05) is 11.0 Å². The molecule has 0 aliphatic carbocycles. The average Bonchev–Trinajstić information content (AvgIpc) is 2.20. The third-order valence-corrected chi connectivity index (χ3v) is 2.60. The normalized spacial score (nSPS) is 12.3. The molecule has 0 amide bonds. The summed E-state index contributed by atoms with van der Waals surface area (Å²) in [5.41, 5.74) is 0.934. The van der Waals surface area contributed by atoms with E-state index in [1.165, 1.54) is 0 Å². The quantitative estimate of drug-likeness (QED) is 0.762. The maximum absolute atomic E-state index is 6.03. The predicted molar refractivity (Wildman–Crippen MR) is 65.7 cm³/mol. The molecule has 1 radical (unpaired) electrons. The van der Waals surface area contributed by atoms with E-state index in [-0.39, 0.29) is 5.92 Å². The molecule has 0 N–H and O–H groups in total. The van der Waals surface area contributed by atoms with Crippen LogP contribution in [0.25, 0.3) is 0 Å². The number of rotatable bonds is 4. The molecule has 0 bridgehead atoms. The van der Waals surface area contributed by atoms with Crippen LogP contribution in [-0.2, 0) is 0 Å². The van der Waals surface area contributed by atoms with Crippen molar-refractivity contribution in [2.45, 2.75) is 12.8 Å². The fraction of sp³-hybridized carbons (Fsp3) is 0.250. The van der Waals surface area contributed by atoms with Gasteiger partial charge in [-0.05, 0) is 31.5 Å². The number of ether oxygens (including phenoxy) is 1. The van der Waals surface area contributed by atoms with E-state index in [0.29, 0.717) is 22.4 Å². The second-order valence-electron chi connectivity index (χ2n) is 3.12. The summed E-state index contributed by atoms with van der Waals surface area (Å²) in [7, 11) is 0. The Morgan fingerprint density at radius 2 is 2.20 bits per heavy atom. The van der Waals surface area contributed by atoms with Crippen molar-refractivity contribution in [2.75, 3.05) is 6.61 Å². The van der Waals surface area contributed by atoms with E-state index in [1.807, 2.05) is 19.1 Å². The van der Waals surface area contributed by atoms with Crippen molar-refractivity contribution in [3.63, 3.8) is 0 Å². The molecule has 0 aromatic heterocycles. The summed E-state index contributed by atoms with van der Waals surface area (Å²) < 4.78 is 5.32. The maximum atomic E-state index is 6.03. The van der Waals surface area contributed by atoms with Gasteiger partial charge in [0.05, 0.1) is 11.6 Å². The second-order valence-corrected chi connectivity index (χ2v) is 4.02. The highest BCUT2D eigenvalue weighted by molar-refractivity contribution is 6.32. The zero-order valence-electron chi connectivity index (χ0n) is 8.59. The van der Waals surface area contributed by atoms with E-state index >= 15 is 0 Å². The Morgan fingerprint density at radius 1 is 1.53 bits per heavy atom. The summed E-state index contributed by atoms with van der Waals surface area (Å²) in [5, 5.41) is 1.07. The highest BCUT2D eigenvalue weighted by atomic mass is 35.5. The molecule has 1 unspecified atom stereocenters. The first-order valence-corrected chi connectivity index (χ1v) is 5.41. The summed E-state index contributed by atoms with van der Waals surface area (Å²) >= 11 is 11.8. The lowest BCUT2D eigenvalue weighted by atomic mass is 10.0. The van der Waals surface area contributed by atoms with E-state index in [2.05, 4.69) is 13.5 Å². The fourth-order valence-corrected chi connectivity index (χ4v) is 1.56. The van der Waals surface area contributed by atoms with Crippen LogP contribution in [0.1, 0.15) is 18.4 Å². The summed E-state index contributed by atoms with van der Waals surface area (Å²) in [6, 6.07) is 5.51. The van der Waals surface area contributed by atoms with Gasteiger partial charge in [0.1, 0.15) is 5.75 Å². The SMILES string of the molecule is [CH2]C(C(=C)Cl)c1ccc(OCC)c(Cl)c1. The van der Waals surface area contributed by atoms with Crippen LogP contribution in [0.3, 0.4) is 0 Å². The average molecular weight is 244 g/mol. The molecule has 0 saturated heterocycles. The van der Waals surface area contributed by atoms with Crippen LogP contribution in [0.15, 0.2) is 29.8 Å². The van der Waals surface area contributed by atoms with Crippen molar-refractivity contribution >= 4 is 23.2 Å². The van der Waals surface area contributed by atoms with Crippen LogP contribution >= 0.6 is 23.2 Å². The Bertz CT molecular complexity index is 361. The van der Waals surface area contributed by atoms with Crippen molar-refractivity contribution in [2.24, 2.45) is 0 Å². The van der Waals surface area contributed by atoms with Crippen LogP contribution < -0.4 is 4.74 Å². The molecule has 0 heterocycles. The van der Waals surface area contributed by atoms with Gasteiger partial charge in [0.2, 0.25) is 0 Å². The van der Waals surface area contributed by atoms with Gasteiger partial charge in [0.25, 0.3) is 0 Å². The highest BCUT2D eigenvalue weighted by Gasteiger charge is 2.10. The summed E-state index contributed by atoms with van der Waals surface area (Å²) in [5.74, 6) is 0.523. The van der Waals surface area contributed by atoms with Gasteiger partial charge in [-0.25, -0.2) is 0 Å². The van der Waals surface area contributed by atoms with Crippen LogP contribution in [-0.4, -0.2) is 6.61 Å². The van der Waals surface area contributed by atoms with Gasteiger partial charge >= 0.3 is 0 Å². The number of hydrogen-bond donors (Lipinski definition) is 0. The molecule has 1 rings (SSSR count). The summed E-state index contributed by atoms with van der Waals surface area (Å²) in [4.78, 5) is 0. The number of hydrogen-bond acceptors (Lipinski definition) is 1. The first-order valence-electron chi connectivity index (χ1n) is 4.66. The lowest BCUT2D eigenvalue weighted by Crippen LogP contribution is -1.96. The van der Waals surface area contributed by atoms with Crippen molar-refractivity contribution in [1.29, 1.82) is 0 Å². The molecule has 1 aromatic rings. The third kappa shape index (κ3) is 3.15. The van der Waals surface area contributed by atoms with Gasteiger partial charge in [-0.1, -0.05) is 35.8 Å². The molecule has 1 nitrogen and oxygen atoms in total. The Hall–Kier alpha value is -0.660. The van der Waals surface area contributed by atoms with Gasteiger partial charge in [-0.3, -0.25) is 0 Å². The van der Waals surface area contributed by atoms with Crippen molar-refractivity contribution in [3.05, 3.63) is 47.3 Å². The Morgan fingerprint density at radius 3 is 2.67 bits per heavy atom. The first kappa shape index (κ1) is 12.4. The molecule has 0 aliphatic rings. The minimum atomic E-state index is -0.153. The molecule has 81 valence electrons. The molecule has 3 heteroatoms. The van der Waals surface area contributed by atoms with Gasteiger partial charge in [-0.2, -0.15) is 0 Å². The zero-order chi connectivity index (χ0) is 11.4. The molecule has 0 saturated carbocycles. The Labute approximate surface area is 101 Å². The molecular formula is C12H13Cl2O. The summed E-state index contributed by atoms with van der Waals surface area (Å²) in [6.07, 6.45) is 0. The molecule has 1 aromatic carbocycles. The molecular weight excluding hydrogens is 231 g/mol. The predicted octanol–water partition coefficient (Wildman–Crippen LogP) is 4.41. The second kappa shape index (κ2) is 5.43. The van der Waals surface area contributed by atoms with Gasteiger partial charge in [-0.15, -0.1) is 0 Å². The summed E-state index contributed by atoms with van der Waals surface area (Å²) in [6.45, 7) is 10.0. The standard InChI is InChI=1S/C12H13Cl2O/c1-4-15-12-6-5-10(7-11(12)14)8(2)9(3)13/h5-8H,2-4H2,1H3. The lowest BCUT2D eigenvalue weighted by molar-refractivity contribution is 0.340. The Kier molecular flexibility index (Phi) is 4.49. The topological polar surface area (TPSA) is 9.23 Å². The van der Waals surface area contributed by atoms with Gasteiger partial charge < -0.3 is 4.74 Å². The number of allylic oxidation sites excluding steroid dienone is 1. The van der Waals surface area contributed by atoms with Crippen LogP contribution in [0.2, 0.25) is 5.02 Å². The van der Waals surface area contributed by atoms with Crippen LogP contribution in [0.4, 0.5) is 0 Å². The van der Waals surface area contributed by atoms with E-state index in [4.69, 9.17) is 27.9 Å². The monoisotopic (exact) mass is 243 g/mol. The smallest absolute Gasteiger partial charge is 0.137 e. The Balaban J connectivity index is 2.95. The van der Waals surface area contributed by atoms with Crippen molar-refractivity contribution < 1.29 is 4.74 Å². The van der Waals surface area contributed by atoms with Crippen LogP contribution in [0.5, 0.6) is 5.75 Å². The number of halogens is 2. The maximum Gasteiger partial charge on any atom is 0.137 e. The molecule has 0 aliphatic heterocycles. The van der Waals surface area contributed by atoms with E-state index in [0.717, 1.165) is 5.56 Å². The van der Waals surface area contributed by atoms with Gasteiger partial charge in [0.15, 0.2) is 0 Å². The lowest BCUT2D eigenvalue weighted by Gasteiger charge is -2.12. The third-order valence-electron chi connectivity index (χ3n) is 2.04. The minimum absolute atomic E-state index is 0.153. The van der Waals surface area contributed by atoms with Crippen LogP contribution in [0, 0.1) is 6.92 Å². The fourth-order valence-electron chi connectivity index (χ4n) is 1.19. The van der Waals surface area contributed by atoms with E-state index < -0.39 is 0 Å². The molecule has 15 heavy (non-hydrogen) atoms. The largest absolute Gasteiger partial charge is 0.492 e. The molecule has 1 atom stereocenters. The van der Waals surface area contributed by atoms with Crippen molar-refractivity contribution in [1.82, 2.24) is 0 Å². The number of benzene rings is 1. The first-order chi connectivity index (χ1) is 7.06. The zero-order valence-corrected chi connectivity index (χ0v) is 10.1. The van der Waals surface area contributed by atoms with Crippen molar-refractivity contribution in [3.8, 4) is 5.75 Å².